The second kappa shape index (κ2) is 5.83. The first-order valence-electron chi connectivity index (χ1n) is 3.88. The van der Waals surface area contributed by atoms with Gasteiger partial charge in [-0.25, -0.2) is 4.79 Å². The monoisotopic (exact) mass is 528 g/mol. The van der Waals surface area contributed by atoms with E-state index in [0.29, 0.717) is 12.2 Å². The molecule has 0 unspecified atom stereocenters. The van der Waals surface area contributed by atoms with Crippen LogP contribution in [0.3, 0.4) is 0 Å². The van der Waals surface area contributed by atoms with E-state index >= 15 is 0 Å². The van der Waals surface area contributed by atoms with E-state index < -0.39 is 0 Å². The third-order valence-corrected chi connectivity index (χ3v) is 6.42. The lowest BCUT2D eigenvalue weighted by Crippen LogP contribution is -2.06. The Kier molecular flexibility index (Phi) is 5.39. The smallest absolute Gasteiger partial charge is 0.338 e. The standard InChI is InChI=1S/C9H7I3O2/c1-2-14-9(13)5-3-6(10)8(12)7(11)4-5/h3-4H,2H2,1H3. The molecule has 1 aromatic carbocycles. The highest BCUT2D eigenvalue weighted by Gasteiger charge is 2.11. The van der Waals surface area contributed by atoms with Crippen molar-refractivity contribution in [1.82, 2.24) is 0 Å². The molecule has 0 aliphatic carbocycles. The first-order valence-corrected chi connectivity index (χ1v) is 7.11. The normalized spacial score (nSPS) is 10.0. The molecule has 0 aliphatic heterocycles. The van der Waals surface area contributed by atoms with Crippen LogP contribution >= 0.6 is 67.8 Å². The number of halogens is 3. The maximum absolute atomic E-state index is 11.4. The SMILES string of the molecule is CCOC(=O)c1cc(I)c(I)c(I)c1. The van der Waals surface area contributed by atoms with Gasteiger partial charge in [0.2, 0.25) is 0 Å². The third kappa shape index (κ3) is 3.19. The molecule has 1 rings (SSSR count). The average Bonchev–Trinajstić information content (AvgIpc) is 2.13. The molecule has 0 N–H and O–H groups in total. The number of carbonyl (C=O) groups excluding carboxylic acids is 1. The largest absolute Gasteiger partial charge is 0.462 e. The van der Waals surface area contributed by atoms with Gasteiger partial charge in [-0.2, -0.15) is 0 Å². The summed E-state index contributed by atoms with van der Waals surface area (Å²) in [7, 11) is 0. The lowest BCUT2D eigenvalue weighted by atomic mass is 10.2. The zero-order valence-corrected chi connectivity index (χ0v) is 13.8. The third-order valence-electron chi connectivity index (χ3n) is 1.49. The lowest BCUT2D eigenvalue weighted by molar-refractivity contribution is 0.0526. The fourth-order valence-electron chi connectivity index (χ4n) is 0.888. The number of benzene rings is 1. The number of esters is 1. The predicted octanol–water partition coefficient (Wildman–Crippen LogP) is 3.68. The van der Waals surface area contributed by atoms with Crippen LogP contribution in [-0.4, -0.2) is 12.6 Å². The number of ether oxygens (including phenoxy) is 1. The van der Waals surface area contributed by atoms with Gasteiger partial charge in [0.05, 0.1) is 12.2 Å². The molecule has 0 fully saturated rings. The van der Waals surface area contributed by atoms with Gasteiger partial charge < -0.3 is 4.74 Å². The van der Waals surface area contributed by atoms with Crippen molar-refractivity contribution in [3.8, 4) is 0 Å². The minimum atomic E-state index is -0.250. The predicted molar refractivity (Wildman–Crippen MR) is 80.5 cm³/mol. The van der Waals surface area contributed by atoms with E-state index in [-0.39, 0.29) is 5.97 Å². The lowest BCUT2D eigenvalue weighted by Gasteiger charge is -2.05. The van der Waals surface area contributed by atoms with E-state index in [4.69, 9.17) is 4.74 Å². The van der Waals surface area contributed by atoms with Crippen LogP contribution in [0.25, 0.3) is 0 Å². The Morgan fingerprint density at radius 2 is 1.79 bits per heavy atom. The van der Waals surface area contributed by atoms with Crippen LogP contribution in [0, 0.1) is 10.7 Å². The minimum absolute atomic E-state index is 0.250. The molecule has 0 aliphatic rings. The van der Waals surface area contributed by atoms with Crippen LogP contribution in [-0.2, 0) is 4.74 Å². The highest BCUT2D eigenvalue weighted by Crippen LogP contribution is 2.23. The molecule has 0 saturated carbocycles. The Labute approximate surface area is 124 Å². The second-order valence-corrected chi connectivity index (χ2v) is 5.88. The van der Waals surface area contributed by atoms with E-state index in [2.05, 4.69) is 67.8 Å². The summed E-state index contributed by atoms with van der Waals surface area (Å²) in [6.45, 7) is 2.22. The van der Waals surface area contributed by atoms with Crippen molar-refractivity contribution in [2.75, 3.05) is 6.61 Å². The minimum Gasteiger partial charge on any atom is -0.462 e. The van der Waals surface area contributed by atoms with Gasteiger partial charge in [0.25, 0.3) is 0 Å². The van der Waals surface area contributed by atoms with Crippen LogP contribution < -0.4 is 0 Å². The summed E-state index contributed by atoms with van der Waals surface area (Å²) >= 11 is 6.70. The number of carbonyl (C=O) groups is 1. The Balaban J connectivity index is 3.06. The molecule has 0 atom stereocenters. The quantitative estimate of drug-likeness (QED) is 0.333. The van der Waals surface area contributed by atoms with Gasteiger partial charge >= 0.3 is 5.97 Å². The fraction of sp³-hybridized carbons (Fsp3) is 0.222. The van der Waals surface area contributed by atoms with E-state index in [0.717, 1.165) is 7.14 Å². The van der Waals surface area contributed by atoms with Crippen LogP contribution in [0.5, 0.6) is 0 Å². The maximum atomic E-state index is 11.4. The topological polar surface area (TPSA) is 26.3 Å². The molecule has 0 bridgehead atoms. The number of hydrogen-bond acceptors (Lipinski definition) is 2. The molecule has 0 radical (unpaired) electrons. The molecule has 5 heteroatoms. The van der Waals surface area contributed by atoms with Gasteiger partial charge in [-0.1, -0.05) is 0 Å². The van der Waals surface area contributed by atoms with Gasteiger partial charge in [0.15, 0.2) is 0 Å². The van der Waals surface area contributed by atoms with Gasteiger partial charge in [0.1, 0.15) is 0 Å². The summed E-state index contributed by atoms with van der Waals surface area (Å²) in [5.41, 5.74) is 0.626. The van der Waals surface area contributed by atoms with Gasteiger partial charge in [-0.05, 0) is 86.8 Å². The number of rotatable bonds is 2. The Morgan fingerprint density at radius 3 is 2.21 bits per heavy atom. The van der Waals surface area contributed by atoms with Crippen molar-refractivity contribution in [1.29, 1.82) is 0 Å². The Morgan fingerprint density at radius 1 is 1.29 bits per heavy atom. The molecule has 1 aromatic rings. The molecule has 0 heterocycles. The summed E-state index contributed by atoms with van der Waals surface area (Å²) in [4.78, 5) is 11.4. The van der Waals surface area contributed by atoms with Crippen LogP contribution in [0.15, 0.2) is 12.1 Å². The zero-order valence-electron chi connectivity index (χ0n) is 7.31. The first kappa shape index (κ1) is 12.9. The molecule has 76 valence electrons. The first-order chi connectivity index (χ1) is 6.56. The van der Waals surface area contributed by atoms with Crippen molar-refractivity contribution < 1.29 is 9.53 Å². The van der Waals surface area contributed by atoms with Crippen molar-refractivity contribution >= 4 is 73.7 Å². The summed E-state index contributed by atoms with van der Waals surface area (Å²) < 4.78 is 8.27. The van der Waals surface area contributed by atoms with E-state index in [1.807, 2.05) is 12.1 Å². The molecule has 2 nitrogen and oxygen atoms in total. The van der Waals surface area contributed by atoms with Gasteiger partial charge in [-0.15, -0.1) is 0 Å². The summed E-state index contributed by atoms with van der Waals surface area (Å²) in [6, 6.07) is 3.70. The Bertz CT molecular complexity index is 340. The molecule has 14 heavy (non-hydrogen) atoms. The second-order valence-electron chi connectivity index (χ2n) is 2.47. The molecular weight excluding hydrogens is 521 g/mol. The van der Waals surface area contributed by atoms with Crippen molar-refractivity contribution in [3.63, 3.8) is 0 Å². The highest BCUT2D eigenvalue weighted by molar-refractivity contribution is 14.1. The Hall–Kier alpha value is 0.880. The fourth-order valence-corrected chi connectivity index (χ4v) is 2.97. The van der Waals surface area contributed by atoms with Crippen molar-refractivity contribution in [2.24, 2.45) is 0 Å². The number of hydrogen-bond donors (Lipinski definition) is 0. The zero-order chi connectivity index (χ0) is 10.7. The maximum Gasteiger partial charge on any atom is 0.338 e. The van der Waals surface area contributed by atoms with E-state index in [1.165, 1.54) is 3.57 Å². The summed E-state index contributed by atoms with van der Waals surface area (Å²) in [5, 5.41) is 0. The highest BCUT2D eigenvalue weighted by atomic mass is 127. The molecule has 0 spiro atoms. The van der Waals surface area contributed by atoms with Crippen LogP contribution in [0.2, 0.25) is 0 Å². The van der Waals surface area contributed by atoms with E-state index in [9.17, 15) is 4.79 Å². The van der Waals surface area contributed by atoms with Crippen LogP contribution in [0.4, 0.5) is 0 Å². The van der Waals surface area contributed by atoms with Gasteiger partial charge in [0, 0.05) is 10.7 Å². The summed E-state index contributed by atoms with van der Waals surface area (Å²) in [6.07, 6.45) is 0. The van der Waals surface area contributed by atoms with Crippen LogP contribution in [0.1, 0.15) is 17.3 Å². The van der Waals surface area contributed by atoms with Gasteiger partial charge in [-0.3, -0.25) is 0 Å². The molecule has 0 saturated heterocycles. The van der Waals surface area contributed by atoms with Crippen molar-refractivity contribution in [3.05, 3.63) is 28.4 Å². The van der Waals surface area contributed by atoms with Crippen molar-refractivity contribution in [2.45, 2.75) is 6.92 Å². The van der Waals surface area contributed by atoms with E-state index in [1.54, 1.807) is 6.92 Å². The molecule has 0 amide bonds. The average molecular weight is 528 g/mol. The summed E-state index contributed by atoms with van der Waals surface area (Å²) in [5.74, 6) is -0.250. The molecular formula is C9H7I3O2. The molecule has 0 aromatic heterocycles.